The summed E-state index contributed by atoms with van der Waals surface area (Å²) in [5.74, 6) is -1.71. The molecule has 94 valence electrons. The van der Waals surface area contributed by atoms with Gasteiger partial charge in [0, 0.05) is 6.54 Å². The zero-order chi connectivity index (χ0) is 12.6. The third-order valence-electron chi connectivity index (χ3n) is 1.46. The number of carbonyl (C=O) groups is 2. The van der Waals surface area contributed by atoms with Gasteiger partial charge in [0.15, 0.2) is 0 Å². The quantitative estimate of drug-likeness (QED) is 0.493. The molecular weight excluding hydrogens is 256 g/mol. The molecule has 0 aromatic carbocycles. The van der Waals surface area contributed by atoms with Crippen LogP contribution < -0.4 is 10.0 Å². The number of aliphatic carboxylic acids is 1. The van der Waals surface area contributed by atoms with Gasteiger partial charge in [0.25, 0.3) is 0 Å². The van der Waals surface area contributed by atoms with Gasteiger partial charge in [0.05, 0.1) is 17.3 Å². The van der Waals surface area contributed by atoms with Crippen LogP contribution in [0.4, 0.5) is 0 Å². The summed E-state index contributed by atoms with van der Waals surface area (Å²) in [7, 11) is -2.02. The largest absolute Gasteiger partial charge is 0.481 e. The molecule has 0 unspecified atom stereocenters. The Balaban J connectivity index is 3.63. The number of sulfonamides is 1. The third-order valence-corrected chi connectivity index (χ3v) is 3.74. The summed E-state index contributed by atoms with van der Waals surface area (Å²) in [6.07, 6.45) is 0. The first kappa shape index (κ1) is 15.2. The van der Waals surface area contributed by atoms with E-state index in [-0.39, 0.29) is 29.7 Å². The third kappa shape index (κ3) is 8.50. The molecule has 0 aromatic heterocycles. The van der Waals surface area contributed by atoms with Crippen molar-refractivity contribution in [3.05, 3.63) is 0 Å². The van der Waals surface area contributed by atoms with E-state index in [4.69, 9.17) is 5.11 Å². The Bertz CT molecular complexity index is 341. The van der Waals surface area contributed by atoms with Crippen LogP contribution >= 0.6 is 11.8 Å². The van der Waals surface area contributed by atoms with Crippen molar-refractivity contribution in [2.75, 3.05) is 30.9 Å². The standard InChI is InChI=1S/C7H14N2O5S2/c1-8-16(13,14)3-2-9-6(10)4-15-5-7(11)12/h8H,2-5H2,1H3,(H,9,10)(H,11,12). The van der Waals surface area contributed by atoms with Gasteiger partial charge < -0.3 is 10.4 Å². The Morgan fingerprint density at radius 3 is 2.44 bits per heavy atom. The van der Waals surface area contributed by atoms with Gasteiger partial charge in [-0.15, -0.1) is 11.8 Å². The molecule has 0 bridgehead atoms. The fourth-order valence-corrected chi connectivity index (χ4v) is 1.85. The number of carboxylic acid groups (broad SMARTS) is 1. The van der Waals surface area contributed by atoms with Crippen molar-refractivity contribution < 1.29 is 23.1 Å². The topological polar surface area (TPSA) is 113 Å². The normalized spacial score (nSPS) is 11.1. The van der Waals surface area contributed by atoms with Crippen molar-refractivity contribution >= 4 is 33.7 Å². The second-order valence-corrected chi connectivity index (χ2v) is 5.79. The van der Waals surface area contributed by atoms with E-state index >= 15 is 0 Å². The minimum Gasteiger partial charge on any atom is -0.481 e. The van der Waals surface area contributed by atoms with Crippen LogP contribution in [-0.4, -0.2) is 56.3 Å². The predicted molar refractivity (Wildman–Crippen MR) is 60.8 cm³/mol. The van der Waals surface area contributed by atoms with Crippen LogP contribution in [0, 0.1) is 0 Å². The lowest BCUT2D eigenvalue weighted by Crippen LogP contribution is -2.33. The number of hydrogen-bond acceptors (Lipinski definition) is 5. The van der Waals surface area contributed by atoms with Gasteiger partial charge in [-0.25, -0.2) is 13.1 Å². The highest BCUT2D eigenvalue weighted by molar-refractivity contribution is 8.00. The SMILES string of the molecule is CNS(=O)(=O)CCNC(=O)CSCC(=O)O. The molecule has 0 aliphatic rings. The Kier molecular flexibility index (Phi) is 7.10. The van der Waals surface area contributed by atoms with Crippen molar-refractivity contribution in [2.24, 2.45) is 0 Å². The fraction of sp³-hybridized carbons (Fsp3) is 0.714. The first-order valence-electron chi connectivity index (χ1n) is 4.35. The second kappa shape index (κ2) is 7.47. The molecular formula is C7H14N2O5S2. The van der Waals surface area contributed by atoms with Crippen molar-refractivity contribution in [3.8, 4) is 0 Å². The fourth-order valence-electron chi connectivity index (χ4n) is 0.709. The van der Waals surface area contributed by atoms with E-state index in [0.717, 1.165) is 11.8 Å². The molecule has 0 radical (unpaired) electrons. The van der Waals surface area contributed by atoms with E-state index < -0.39 is 16.0 Å². The molecule has 1 amide bonds. The molecule has 0 fully saturated rings. The number of rotatable bonds is 8. The highest BCUT2D eigenvalue weighted by atomic mass is 32.2. The number of nitrogens with one attached hydrogen (secondary N) is 2. The maximum absolute atomic E-state index is 11.1. The van der Waals surface area contributed by atoms with E-state index in [9.17, 15) is 18.0 Å². The molecule has 0 aromatic rings. The van der Waals surface area contributed by atoms with Crippen LogP contribution in [0.2, 0.25) is 0 Å². The van der Waals surface area contributed by atoms with Crippen LogP contribution in [0.25, 0.3) is 0 Å². The zero-order valence-corrected chi connectivity index (χ0v) is 10.4. The van der Waals surface area contributed by atoms with Crippen LogP contribution in [0.1, 0.15) is 0 Å². The molecule has 3 N–H and O–H groups in total. The minimum absolute atomic E-state index is 0.00585. The van der Waals surface area contributed by atoms with Crippen molar-refractivity contribution in [1.29, 1.82) is 0 Å². The summed E-state index contributed by atoms with van der Waals surface area (Å²) in [5.41, 5.74) is 0. The average Bonchev–Trinajstić information content (AvgIpc) is 2.17. The van der Waals surface area contributed by atoms with Crippen LogP contribution in [0.15, 0.2) is 0 Å². The number of amides is 1. The molecule has 0 atom stereocenters. The lowest BCUT2D eigenvalue weighted by Gasteiger charge is -2.04. The average molecular weight is 270 g/mol. The molecule has 0 saturated carbocycles. The van der Waals surface area contributed by atoms with E-state index in [1.807, 2.05) is 0 Å². The minimum atomic E-state index is -3.31. The molecule has 0 aliphatic heterocycles. The number of hydrogen-bond donors (Lipinski definition) is 3. The van der Waals surface area contributed by atoms with E-state index in [2.05, 4.69) is 10.0 Å². The highest BCUT2D eigenvalue weighted by Gasteiger charge is 2.08. The van der Waals surface area contributed by atoms with Crippen LogP contribution in [0.5, 0.6) is 0 Å². The van der Waals surface area contributed by atoms with Crippen molar-refractivity contribution in [3.63, 3.8) is 0 Å². The number of carbonyl (C=O) groups excluding carboxylic acids is 1. The Labute approximate surface area is 98.0 Å². The van der Waals surface area contributed by atoms with E-state index in [0.29, 0.717) is 0 Å². The maximum atomic E-state index is 11.1. The summed E-state index contributed by atoms with van der Waals surface area (Å²) in [6, 6.07) is 0. The second-order valence-electron chi connectivity index (χ2n) is 2.76. The Morgan fingerprint density at radius 2 is 1.94 bits per heavy atom. The molecule has 9 heteroatoms. The van der Waals surface area contributed by atoms with Crippen molar-refractivity contribution in [1.82, 2.24) is 10.0 Å². The Hall–Kier alpha value is -0.800. The molecule has 16 heavy (non-hydrogen) atoms. The molecule has 0 saturated heterocycles. The monoisotopic (exact) mass is 270 g/mol. The summed E-state index contributed by atoms with van der Waals surface area (Å²) < 4.78 is 24.0. The zero-order valence-electron chi connectivity index (χ0n) is 8.73. The summed E-state index contributed by atoms with van der Waals surface area (Å²) in [5, 5.41) is 10.7. The molecule has 0 spiro atoms. The number of carboxylic acids is 1. The van der Waals surface area contributed by atoms with E-state index in [1.165, 1.54) is 7.05 Å². The van der Waals surface area contributed by atoms with Gasteiger partial charge in [-0.2, -0.15) is 0 Å². The lowest BCUT2D eigenvalue weighted by molar-refractivity contribution is -0.133. The summed E-state index contributed by atoms with van der Waals surface area (Å²) >= 11 is 0.956. The van der Waals surface area contributed by atoms with Crippen LogP contribution in [0.3, 0.4) is 0 Å². The van der Waals surface area contributed by atoms with Gasteiger partial charge in [0.2, 0.25) is 15.9 Å². The smallest absolute Gasteiger partial charge is 0.313 e. The lowest BCUT2D eigenvalue weighted by atomic mass is 10.6. The van der Waals surface area contributed by atoms with Gasteiger partial charge in [0.1, 0.15) is 0 Å². The van der Waals surface area contributed by atoms with Crippen molar-refractivity contribution in [2.45, 2.75) is 0 Å². The number of thioether (sulfide) groups is 1. The summed E-state index contributed by atoms with van der Waals surface area (Å²) in [6.45, 7) is 0.00956. The van der Waals surface area contributed by atoms with E-state index in [1.54, 1.807) is 0 Å². The predicted octanol–water partition coefficient (Wildman–Crippen LogP) is -1.53. The summed E-state index contributed by atoms with van der Waals surface area (Å²) in [4.78, 5) is 21.2. The molecule has 0 heterocycles. The van der Waals surface area contributed by atoms with Gasteiger partial charge in [-0.1, -0.05) is 0 Å². The maximum Gasteiger partial charge on any atom is 0.313 e. The van der Waals surface area contributed by atoms with Gasteiger partial charge >= 0.3 is 5.97 Å². The molecule has 0 rings (SSSR count). The van der Waals surface area contributed by atoms with Crippen LogP contribution in [-0.2, 0) is 19.6 Å². The Morgan fingerprint density at radius 1 is 1.31 bits per heavy atom. The molecule has 0 aliphatic carbocycles. The first-order chi connectivity index (χ1) is 7.37. The van der Waals surface area contributed by atoms with Gasteiger partial charge in [-0.3, -0.25) is 9.59 Å². The first-order valence-corrected chi connectivity index (χ1v) is 7.15. The van der Waals surface area contributed by atoms with Gasteiger partial charge in [-0.05, 0) is 7.05 Å². The molecule has 7 nitrogen and oxygen atoms in total. The highest BCUT2D eigenvalue weighted by Crippen LogP contribution is 1.97.